The van der Waals surface area contributed by atoms with Crippen molar-refractivity contribution in [3.63, 3.8) is 0 Å². The average molecular weight is 322 g/mol. The van der Waals surface area contributed by atoms with Gasteiger partial charge in [0.05, 0.1) is 12.0 Å². The molecule has 0 saturated heterocycles. The molecule has 2 nitrogen and oxygen atoms in total. The van der Waals surface area contributed by atoms with Crippen LogP contribution in [0.25, 0.3) is 0 Å². The number of ether oxygens (including phenoxy) is 1. The molecule has 4 heteroatoms. The zero-order chi connectivity index (χ0) is 15.1. The Morgan fingerprint density at radius 3 is 2.71 bits per heavy atom. The molecule has 0 bridgehead atoms. The summed E-state index contributed by atoms with van der Waals surface area (Å²) < 4.78 is 5.42. The summed E-state index contributed by atoms with van der Waals surface area (Å²) >= 11 is 7.84. The summed E-state index contributed by atoms with van der Waals surface area (Å²) in [6, 6.07) is 14.1. The maximum absolute atomic E-state index is 6.15. The number of para-hydroxylation sites is 1. The van der Waals surface area contributed by atoms with Gasteiger partial charge in [-0.05, 0) is 42.8 Å². The topological polar surface area (TPSA) is 21.3 Å². The first kappa shape index (κ1) is 16.2. The molecule has 0 radical (unpaired) electrons. The molecule has 21 heavy (non-hydrogen) atoms. The summed E-state index contributed by atoms with van der Waals surface area (Å²) in [5.74, 6) is 0.884. The summed E-state index contributed by atoms with van der Waals surface area (Å²) in [6.45, 7) is 4.03. The van der Waals surface area contributed by atoms with E-state index in [1.165, 1.54) is 5.56 Å². The number of methoxy groups -OCH3 is 1. The second-order valence-electron chi connectivity index (χ2n) is 4.68. The molecule has 112 valence electrons. The maximum atomic E-state index is 6.15. The van der Waals surface area contributed by atoms with Crippen LogP contribution in [0.3, 0.4) is 0 Å². The number of halogens is 1. The van der Waals surface area contributed by atoms with Gasteiger partial charge in [0, 0.05) is 16.5 Å². The first-order valence-corrected chi connectivity index (χ1v) is 8.24. The van der Waals surface area contributed by atoms with E-state index in [0.717, 1.165) is 40.1 Å². The van der Waals surface area contributed by atoms with Crippen molar-refractivity contribution in [3.05, 3.63) is 53.1 Å². The molecule has 0 atom stereocenters. The van der Waals surface area contributed by atoms with Crippen molar-refractivity contribution in [3.8, 4) is 5.75 Å². The van der Waals surface area contributed by atoms with Crippen LogP contribution in [0, 0.1) is 0 Å². The van der Waals surface area contributed by atoms with Crippen LogP contribution in [-0.2, 0) is 6.54 Å². The van der Waals surface area contributed by atoms with Crippen LogP contribution >= 0.6 is 23.4 Å². The molecule has 2 rings (SSSR count). The van der Waals surface area contributed by atoms with Gasteiger partial charge in [-0.25, -0.2) is 0 Å². The Hall–Kier alpha value is -1.16. The van der Waals surface area contributed by atoms with Crippen molar-refractivity contribution in [2.45, 2.75) is 29.7 Å². The van der Waals surface area contributed by atoms with Crippen molar-refractivity contribution >= 4 is 23.4 Å². The summed E-state index contributed by atoms with van der Waals surface area (Å²) in [5, 5.41) is 4.19. The predicted octanol–water partition coefficient (Wildman–Crippen LogP) is 5.00. The van der Waals surface area contributed by atoms with E-state index in [1.54, 1.807) is 18.9 Å². The Morgan fingerprint density at radius 1 is 1.14 bits per heavy atom. The number of rotatable bonds is 7. The van der Waals surface area contributed by atoms with E-state index in [0.29, 0.717) is 0 Å². The standard InChI is InChI=1S/C17H20ClNOS/c1-3-10-19-12-13-8-9-14(18)11-17(13)21-16-7-5-4-6-15(16)20-2/h4-9,11,19H,3,10,12H2,1-2H3. The largest absolute Gasteiger partial charge is 0.496 e. The van der Waals surface area contributed by atoms with Crippen molar-refractivity contribution in [1.82, 2.24) is 5.32 Å². The van der Waals surface area contributed by atoms with E-state index < -0.39 is 0 Å². The Kier molecular flexibility index (Phi) is 6.43. The highest BCUT2D eigenvalue weighted by molar-refractivity contribution is 7.99. The minimum absolute atomic E-state index is 0.756. The summed E-state index contributed by atoms with van der Waals surface area (Å²) in [7, 11) is 1.70. The Bertz CT molecular complexity index is 589. The third-order valence-electron chi connectivity index (χ3n) is 3.06. The van der Waals surface area contributed by atoms with Crippen LogP contribution in [0.15, 0.2) is 52.3 Å². The van der Waals surface area contributed by atoms with Crippen molar-refractivity contribution < 1.29 is 4.74 Å². The molecule has 0 amide bonds. The molecule has 0 aliphatic rings. The monoisotopic (exact) mass is 321 g/mol. The second kappa shape index (κ2) is 8.32. The number of nitrogens with one attached hydrogen (secondary N) is 1. The maximum Gasteiger partial charge on any atom is 0.132 e. The van der Waals surface area contributed by atoms with E-state index in [4.69, 9.17) is 16.3 Å². The summed E-state index contributed by atoms with van der Waals surface area (Å²) in [4.78, 5) is 2.26. The molecule has 0 aliphatic carbocycles. The zero-order valence-electron chi connectivity index (χ0n) is 12.4. The van der Waals surface area contributed by atoms with Gasteiger partial charge in [0.2, 0.25) is 0 Å². The Morgan fingerprint density at radius 2 is 1.95 bits per heavy atom. The van der Waals surface area contributed by atoms with Crippen LogP contribution in [0.1, 0.15) is 18.9 Å². The Labute approximate surface area is 135 Å². The van der Waals surface area contributed by atoms with Crippen molar-refractivity contribution in [2.75, 3.05) is 13.7 Å². The highest BCUT2D eigenvalue weighted by atomic mass is 35.5. The van der Waals surface area contributed by atoms with Crippen LogP contribution in [0.2, 0.25) is 5.02 Å². The lowest BCUT2D eigenvalue weighted by atomic mass is 10.2. The number of benzene rings is 2. The van der Waals surface area contributed by atoms with Gasteiger partial charge in [-0.2, -0.15) is 0 Å². The van der Waals surface area contributed by atoms with Gasteiger partial charge in [-0.3, -0.25) is 0 Å². The minimum Gasteiger partial charge on any atom is -0.496 e. The van der Waals surface area contributed by atoms with Gasteiger partial charge in [0.25, 0.3) is 0 Å². The number of hydrogen-bond donors (Lipinski definition) is 1. The van der Waals surface area contributed by atoms with Crippen molar-refractivity contribution in [2.24, 2.45) is 0 Å². The first-order valence-electron chi connectivity index (χ1n) is 7.04. The molecule has 0 spiro atoms. The van der Waals surface area contributed by atoms with Gasteiger partial charge in [-0.1, -0.05) is 48.5 Å². The lowest BCUT2D eigenvalue weighted by Crippen LogP contribution is -2.14. The van der Waals surface area contributed by atoms with Gasteiger partial charge in [0.1, 0.15) is 5.75 Å². The van der Waals surface area contributed by atoms with E-state index in [-0.39, 0.29) is 0 Å². The highest BCUT2D eigenvalue weighted by Gasteiger charge is 2.09. The molecule has 2 aromatic rings. The van der Waals surface area contributed by atoms with Crippen LogP contribution in [0.5, 0.6) is 5.75 Å². The lowest BCUT2D eigenvalue weighted by molar-refractivity contribution is 0.405. The molecule has 0 unspecified atom stereocenters. The fourth-order valence-corrected chi connectivity index (χ4v) is 3.32. The molecular formula is C17H20ClNOS. The third-order valence-corrected chi connectivity index (χ3v) is 4.45. The SMILES string of the molecule is CCCNCc1ccc(Cl)cc1Sc1ccccc1OC. The van der Waals surface area contributed by atoms with Gasteiger partial charge in [-0.15, -0.1) is 0 Å². The smallest absolute Gasteiger partial charge is 0.132 e. The van der Waals surface area contributed by atoms with E-state index >= 15 is 0 Å². The van der Waals surface area contributed by atoms with Gasteiger partial charge in [0.15, 0.2) is 0 Å². The third kappa shape index (κ3) is 4.67. The van der Waals surface area contributed by atoms with Crippen LogP contribution < -0.4 is 10.1 Å². The molecule has 0 aromatic heterocycles. The molecule has 0 heterocycles. The number of hydrogen-bond acceptors (Lipinski definition) is 3. The minimum atomic E-state index is 0.756. The lowest BCUT2D eigenvalue weighted by Gasteiger charge is -2.12. The van der Waals surface area contributed by atoms with Gasteiger partial charge >= 0.3 is 0 Å². The fraction of sp³-hybridized carbons (Fsp3) is 0.294. The van der Waals surface area contributed by atoms with Crippen molar-refractivity contribution in [1.29, 1.82) is 0 Å². The molecule has 0 saturated carbocycles. The predicted molar refractivity (Wildman–Crippen MR) is 90.6 cm³/mol. The molecule has 0 aliphatic heterocycles. The summed E-state index contributed by atoms with van der Waals surface area (Å²) in [6.07, 6.45) is 1.13. The van der Waals surface area contributed by atoms with E-state index in [2.05, 4.69) is 24.4 Å². The first-order chi connectivity index (χ1) is 10.2. The highest BCUT2D eigenvalue weighted by Crippen LogP contribution is 2.37. The molecular weight excluding hydrogens is 302 g/mol. The van der Waals surface area contributed by atoms with Crippen LogP contribution in [0.4, 0.5) is 0 Å². The normalized spacial score (nSPS) is 10.6. The fourth-order valence-electron chi connectivity index (χ4n) is 1.99. The van der Waals surface area contributed by atoms with Crippen LogP contribution in [-0.4, -0.2) is 13.7 Å². The molecule has 0 fully saturated rings. The summed E-state index contributed by atoms with van der Waals surface area (Å²) in [5.41, 5.74) is 1.25. The molecule has 1 N–H and O–H groups in total. The van der Waals surface area contributed by atoms with E-state index in [9.17, 15) is 0 Å². The van der Waals surface area contributed by atoms with E-state index in [1.807, 2.05) is 30.3 Å². The Balaban J connectivity index is 2.23. The average Bonchev–Trinajstić information content (AvgIpc) is 2.50. The van der Waals surface area contributed by atoms with Gasteiger partial charge < -0.3 is 10.1 Å². The quantitative estimate of drug-likeness (QED) is 0.725. The zero-order valence-corrected chi connectivity index (χ0v) is 13.9. The second-order valence-corrected chi connectivity index (χ2v) is 6.20. The molecule has 2 aromatic carbocycles.